The Labute approximate surface area is 60.0 Å². The molecule has 1 atom stereocenters. The molecule has 0 spiro atoms. The highest BCUT2D eigenvalue weighted by Gasteiger charge is 2.33. The van der Waals surface area contributed by atoms with Crippen LogP contribution in [0, 0.1) is 5.92 Å². The van der Waals surface area contributed by atoms with Crippen LogP contribution in [-0.4, -0.2) is 30.7 Å². The predicted octanol–water partition coefficient (Wildman–Crippen LogP) is -0.0272. The van der Waals surface area contributed by atoms with E-state index in [4.69, 9.17) is 5.11 Å². The number of Topliss-reactive ketones (excluding diaryl/α,β-unsaturated/α-hetero) is 1. The number of ketones is 1. The summed E-state index contributed by atoms with van der Waals surface area (Å²) in [4.78, 5) is 10.8. The quantitative estimate of drug-likeness (QED) is 0.602. The summed E-state index contributed by atoms with van der Waals surface area (Å²) in [5.41, 5.74) is 0. The molecule has 3 heteroatoms. The Kier molecular flexibility index (Phi) is 2.40. The lowest BCUT2D eigenvalue weighted by Gasteiger charge is -2.05. The highest BCUT2D eigenvalue weighted by molar-refractivity contribution is 5.84. The second-order valence-corrected chi connectivity index (χ2v) is 2.68. The molecule has 0 bridgehead atoms. The Morgan fingerprint density at radius 2 is 2.40 bits per heavy atom. The largest absolute Gasteiger partial charge is 0.385 e. The first-order valence-electron chi connectivity index (χ1n) is 3.45. The van der Waals surface area contributed by atoms with Crippen LogP contribution >= 0.6 is 0 Å². The predicted molar refractivity (Wildman–Crippen MR) is 35.6 cm³/mol. The second kappa shape index (κ2) is 3.12. The van der Waals surface area contributed by atoms with E-state index in [2.05, 4.69) is 4.74 Å². The summed E-state index contributed by atoms with van der Waals surface area (Å²) in [5.74, 6) is 0.0349. The van der Waals surface area contributed by atoms with Crippen molar-refractivity contribution < 1.29 is 14.6 Å². The monoisotopic (exact) mass is 144 g/mol. The summed E-state index contributed by atoms with van der Waals surface area (Å²) in [5, 5.41) is 9.16. The fraction of sp³-hybridized carbons (Fsp3) is 0.857. The third kappa shape index (κ3) is 1.78. The zero-order chi connectivity index (χ0) is 7.56. The molecular formula is C7H12O3. The maximum absolute atomic E-state index is 10.8. The Hall–Kier alpha value is -0.410. The van der Waals surface area contributed by atoms with E-state index in [1.807, 2.05) is 0 Å². The molecule has 0 heterocycles. The van der Waals surface area contributed by atoms with Gasteiger partial charge in [-0.25, -0.2) is 0 Å². The number of aliphatic hydroxyl groups is 1. The van der Waals surface area contributed by atoms with Crippen molar-refractivity contribution in [3.05, 3.63) is 0 Å². The molecule has 0 aromatic rings. The molecular weight excluding hydrogens is 132 g/mol. The van der Waals surface area contributed by atoms with Gasteiger partial charge in [-0.05, 0) is 18.8 Å². The van der Waals surface area contributed by atoms with E-state index in [1.165, 1.54) is 7.11 Å². The van der Waals surface area contributed by atoms with Crippen LogP contribution in [0.2, 0.25) is 0 Å². The summed E-state index contributed by atoms with van der Waals surface area (Å²) in [6.07, 6.45) is 1.20. The molecule has 1 N–H and O–H groups in total. The zero-order valence-electron chi connectivity index (χ0n) is 6.04. The third-order valence-corrected chi connectivity index (χ3v) is 1.69. The van der Waals surface area contributed by atoms with Crippen LogP contribution < -0.4 is 0 Å². The maximum atomic E-state index is 10.8. The van der Waals surface area contributed by atoms with Gasteiger partial charge in [0.25, 0.3) is 0 Å². The Bertz CT molecular complexity index is 129. The van der Waals surface area contributed by atoms with Gasteiger partial charge in [0.05, 0.1) is 0 Å². The van der Waals surface area contributed by atoms with E-state index in [9.17, 15) is 4.79 Å². The van der Waals surface area contributed by atoms with Gasteiger partial charge >= 0.3 is 0 Å². The van der Waals surface area contributed by atoms with Gasteiger partial charge in [-0.1, -0.05) is 0 Å². The van der Waals surface area contributed by atoms with Gasteiger partial charge in [0.2, 0.25) is 0 Å². The first-order valence-corrected chi connectivity index (χ1v) is 3.45. The molecule has 1 aliphatic carbocycles. The number of methoxy groups -OCH3 is 1. The molecule has 0 saturated heterocycles. The Balaban J connectivity index is 2.24. The van der Waals surface area contributed by atoms with Crippen LogP contribution in [0.25, 0.3) is 0 Å². The normalized spacial score (nSPS) is 20.6. The second-order valence-electron chi connectivity index (χ2n) is 2.68. The third-order valence-electron chi connectivity index (χ3n) is 1.69. The number of hydrogen-bond donors (Lipinski definition) is 1. The van der Waals surface area contributed by atoms with Crippen molar-refractivity contribution >= 4 is 5.78 Å². The van der Waals surface area contributed by atoms with Crippen molar-refractivity contribution in [1.29, 1.82) is 0 Å². The van der Waals surface area contributed by atoms with Gasteiger partial charge in [0.1, 0.15) is 12.7 Å². The summed E-state index contributed by atoms with van der Waals surface area (Å²) in [6, 6.07) is 0. The van der Waals surface area contributed by atoms with Crippen molar-refractivity contribution in [2.45, 2.75) is 18.9 Å². The summed E-state index contributed by atoms with van der Waals surface area (Å²) < 4.78 is 4.59. The number of ether oxygens (including phenoxy) is 1. The molecule has 1 aliphatic rings. The number of carbonyl (C=O) groups excluding carboxylic acids is 1. The van der Waals surface area contributed by atoms with Crippen LogP contribution in [0.5, 0.6) is 0 Å². The van der Waals surface area contributed by atoms with Crippen molar-refractivity contribution in [3.8, 4) is 0 Å². The Morgan fingerprint density at radius 1 is 1.80 bits per heavy atom. The van der Waals surface area contributed by atoms with Crippen LogP contribution in [0.15, 0.2) is 0 Å². The van der Waals surface area contributed by atoms with Crippen molar-refractivity contribution in [2.24, 2.45) is 5.92 Å². The van der Waals surface area contributed by atoms with E-state index in [0.717, 1.165) is 12.8 Å². The van der Waals surface area contributed by atoms with Crippen LogP contribution in [0.1, 0.15) is 12.8 Å². The topological polar surface area (TPSA) is 46.5 Å². The summed E-state index contributed by atoms with van der Waals surface area (Å²) in [7, 11) is 1.46. The van der Waals surface area contributed by atoms with E-state index < -0.39 is 6.10 Å². The molecule has 1 saturated carbocycles. The first kappa shape index (κ1) is 7.69. The van der Waals surface area contributed by atoms with Gasteiger partial charge < -0.3 is 9.84 Å². The Morgan fingerprint density at radius 3 is 2.80 bits per heavy atom. The summed E-state index contributed by atoms with van der Waals surface area (Å²) in [6.45, 7) is 0.0394. The molecule has 0 aliphatic heterocycles. The zero-order valence-corrected chi connectivity index (χ0v) is 6.04. The van der Waals surface area contributed by atoms with Crippen LogP contribution in [0.4, 0.5) is 0 Å². The number of aliphatic hydroxyl groups excluding tert-OH is 1. The molecule has 0 aromatic heterocycles. The van der Waals surface area contributed by atoms with Gasteiger partial charge in [-0.3, -0.25) is 4.79 Å². The number of carbonyl (C=O) groups is 1. The van der Waals surface area contributed by atoms with E-state index >= 15 is 0 Å². The lowest BCUT2D eigenvalue weighted by Crippen LogP contribution is -2.26. The van der Waals surface area contributed by atoms with E-state index in [0.29, 0.717) is 0 Å². The highest BCUT2D eigenvalue weighted by atomic mass is 16.5. The van der Waals surface area contributed by atoms with E-state index in [-0.39, 0.29) is 18.3 Å². The highest BCUT2D eigenvalue weighted by Crippen LogP contribution is 2.32. The lowest BCUT2D eigenvalue weighted by molar-refractivity contribution is -0.131. The van der Waals surface area contributed by atoms with E-state index in [1.54, 1.807) is 0 Å². The maximum Gasteiger partial charge on any atom is 0.187 e. The number of rotatable bonds is 4. The molecule has 0 radical (unpaired) electrons. The van der Waals surface area contributed by atoms with Crippen LogP contribution in [0.3, 0.4) is 0 Å². The average Bonchev–Trinajstić information content (AvgIpc) is 2.68. The smallest absolute Gasteiger partial charge is 0.187 e. The first-order chi connectivity index (χ1) is 4.75. The molecule has 3 nitrogen and oxygen atoms in total. The fourth-order valence-corrected chi connectivity index (χ4v) is 0.902. The molecule has 1 unspecified atom stereocenters. The van der Waals surface area contributed by atoms with Crippen molar-refractivity contribution in [2.75, 3.05) is 13.7 Å². The van der Waals surface area contributed by atoms with Gasteiger partial charge in [-0.2, -0.15) is 0 Å². The number of hydrogen-bond acceptors (Lipinski definition) is 3. The molecule has 0 amide bonds. The summed E-state index contributed by atoms with van der Waals surface area (Å²) >= 11 is 0. The van der Waals surface area contributed by atoms with Crippen molar-refractivity contribution in [1.82, 2.24) is 0 Å². The molecule has 1 fully saturated rings. The average molecular weight is 144 g/mol. The minimum atomic E-state index is -0.764. The fourth-order valence-electron chi connectivity index (χ4n) is 0.902. The van der Waals surface area contributed by atoms with Gasteiger partial charge in [0, 0.05) is 7.11 Å². The minimum absolute atomic E-state index is 0.0394. The minimum Gasteiger partial charge on any atom is -0.385 e. The van der Waals surface area contributed by atoms with Gasteiger partial charge in [0.15, 0.2) is 5.78 Å². The molecule has 58 valence electrons. The molecule has 1 rings (SSSR count). The SMILES string of the molecule is COCC(=O)C(O)C1CC1. The van der Waals surface area contributed by atoms with Crippen LogP contribution in [-0.2, 0) is 9.53 Å². The molecule has 10 heavy (non-hydrogen) atoms. The van der Waals surface area contributed by atoms with Gasteiger partial charge in [-0.15, -0.1) is 0 Å². The van der Waals surface area contributed by atoms with Crippen molar-refractivity contribution in [3.63, 3.8) is 0 Å². The molecule has 0 aromatic carbocycles. The standard InChI is InChI=1S/C7H12O3/c1-10-4-6(8)7(9)5-2-3-5/h5,7,9H,2-4H2,1H3. The lowest BCUT2D eigenvalue weighted by atomic mass is 10.1.